The summed E-state index contributed by atoms with van der Waals surface area (Å²) in [6.07, 6.45) is 1.54. The van der Waals surface area contributed by atoms with Crippen LogP contribution in [0.5, 0.6) is 5.75 Å². The Bertz CT molecular complexity index is 1310. The summed E-state index contributed by atoms with van der Waals surface area (Å²) < 4.78 is 12.7. The van der Waals surface area contributed by atoms with E-state index in [0.717, 1.165) is 4.88 Å². The summed E-state index contributed by atoms with van der Waals surface area (Å²) in [4.78, 5) is 29.4. The number of rotatable bonds is 9. The highest BCUT2D eigenvalue weighted by molar-refractivity contribution is 7.16. The SMILES string of the molecule is COCCOc1ccccc1C(=O)n1nc(-c2ccc[nH]c2=O)cc1NCc1ccc(Cl)s1. The van der Waals surface area contributed by atoms with Crippen LogP contribution in [0.1, 0.15) is 15.2 Å². The van der Waals surface area contributed by atoms with Crippen LogP contribution < -0.4 is 15.6 Å². The maximum atomic E-state index is 13.5. The van der Waals surface area contributed by atoms with Crippen molar-refractivity contribution < 1.29 is 14.3 Å². The Morgan fingerprint density at radius 2 is 2.03 bits per heavy atom. The lowest BCUT2D eigenvalue weighted by atomic mass is 10.2. The molecule has 0 bridgehead atoms. The van der Waals surface area contributed by atoms with E-state index >= 15 is 0 Å². The molecule has 0 radical (unpaired) electrons. The van der Waals surface area contributed by atoms with E-state index < -0.39 is 5.91 Å². The second-order valence-corrected chi connectivity index (χ2v) is 8.74. The quantitative estimate of drug-likeness (QED) is 0.344. The molecule has 4 rings (SSSR count). The minimum absolute atomic E-state index is 0.297. The molecule has 0 fully saturated rings. The van der Waals surface area contributed by atoms with Crippen molar-refractivity contribution in [2.24, 2.45) is 0 Å². The number of aromatic amines is 1. The Labute approximate surface area is 198 Å². The van der Waals surface area contributed by atoms with Gasteiger partial charge < -0.3 is 19.8 Å². The van der Waals surface area contributed by atoms with Crippen LogP contribution in [0.15, 0.2) is 65.6 Å². The number of carbonyl (C=O) groups is 1. The molecule has 0 saturated heterocycles. The number of carbonyl (C=O) groups excluding carboxylic acids is 1. The van der Waals surface area contributed by atoms with Gasteiger partial charge in [0.2, 0.25) is 0 Å². The Morgan fingerprint density at radius 1 is 1.18 bits per heavy atom. The molecule has 0 unspecified atom stereocenters. The first-order chi connectivity index (χ1) is 16.1. The molecule has 3 aromatic heterocycles. The summed E-state index contributed by atoms with van der Waals surface area (Å²) in [5.74, 6) is 0.466. The minimum Gasteiger partial charge on any atom is -0.490 e. The van der Waals surface area contributed by atoms with Crippen molar-refractivity contribution in [2.75, 3.05) is 25.6 Å². The van der Waals surface area contributed by atoms with Crippen LogP contribution in [-0.4, -0.2) is 41.0 Å². The highest BCUT2D eigenvalue weighted by Crippen LogP contribution is 2.26. The monoisotopic (exact) mass is 484 g/mol. The number of halogens is 1. The number of hydrogen-bond acceptors (Lipinski definition) is 7. The Hall–Kier alpha value is -3.40. The lowest BCUT2D eigenvalue weighted by Gasteiger charge is -2.12. The average Bonchev–Trinajstić information content (AvgIpc) is 3.44. The molecular weight excluding hydrogens is 464 g/mol. The Balaban J connectivity index is 1.70. The molecule has 0 amide bonds. The molecule has 3 heterocycles. The van der Waals surface area contributed by atoms with Crippen molar-refractivity contribution in [3.8, 4) is 17.0 Å². The summed E-state index contributed by atoms with van der Waals surface area (Å²) in [6, 6.07) is 15.7. The van der Waals surface area contributed by atoms with E-state index in [-0.39, 0.29) is 5.56 Å². The second kappa shape index (κ2) is 10.5. The van der Waals surface area contributed by atoms with E-state index in [1.54, 1.807) is 55.8 Å². The molecule has 0 aliphatic heterocycles. The fourth-order valence-corrected chi connectivity index (χ4v) is 4.19. The van der Waals surface area contributed by atoms with Gasteiger partial charge in [0, 0.05) is 24.3 Å². The number of nitrogens with one attached hydrogen (secondary N) is 2. The molecule has 0 aliphatic carbocycles. The largest absolute Gasteiger partial charge is 0.490 e. The molecule has 4 aromatic rings. The highest BCUT2D eigenvalue weighted by atomic mass is 35.5. The third kappa shape index (κ3) is 5.33. The maximum absolute atomic E-state index is 13.5. The smallest absolute Gasteiger partial charge is 0.283 e. The van der Waals surface area contributed by atoms with Gasteiger partial charge in [0.15, 0.2) is 0 Å². The number of para-hydroxylation sites is 1. The van der Waals surface area contributed by atoms with Crippen LogP contribution in [-0.2, 0) is 11.3 Å². The number of hydrogen-bond donors (Lipinski definition) is 2. The van der Waals surface area contributed by atoms with Crippen LogP contribution in [0, 0.1) is 0 Å². The molecule has 10 heteroatoms. The number of benzene rings is 1. The summed E-state index contributed by atoms with van der Waals surface area (Å²) >= 11 is 7.47. The molecule has 33 heavy (non-hydrogen) atoms. The first kappa shape index (κ1) is 22.8. The van der Waals surface area contributed by atoms with E-state index in [0.29, 0.717) is 52.5 Å². The summed E-state index contributed by atoms with van der Waals surface area (Å²) in [6.45, 7) is 1.13. The van der Waals surface area contributed by atoms with Crippen LogP contribution >= 0.6 is 22.9 Å². The van der Waals surface area contributed by atoms with Crippen molar-refractivity contribution in [3.63, 3.8) is 0 Å². The fourth-order valence-electron chi connectivity index (χ4n) is 3.16. The van der Waals surface area contributed by atoms with E-state index in [4.69, 9.17) is 21.1 Å². The average molecular weight is 485 g/mol. The van der Waals surface area contributed by atoms with E-state index in [2.05, 4.69) is 15.4 Å². The van der Waals surface area contributed by atoms with Gasteiger partial charge in [0.05, 0.1) is 28.6 Å². The van der Waals surface area contributed by atoms with Gasteiger partial charge >= 0.3 is 0 Å². The highest BCUT2D eigenvalue weighted by Gasteiger charge is 2.21. The number of nitrogens with zero attached hydrogens (tertiary/aromatic N) is 2. The molecule has 1 aromatic carbocycles. The third-order valence-corrected chi connectivity index (χ3v) is 5.96. The first-order valence-electron chi connectivity index (χ1n) is 10.1. The first-order valence-corrected chi connectivity index (χ1v) is 11.3. The lowest BCUT2D eigenvalue weighted by Crippen LogP contribution is -2.19. The topological polar surface area (TPSA) is 98.2 Å². The zero-order valence-electron chi connectivity index (χ0n) is 17.7. The van der Waals surface area contributed by atoms with Crippen molar-refractivity contribution in [1.82, 2.24) is 14.8 Å². The summed E-state index contributed by atoms with van der Waals surface area (Å²) in [5, 5.41) is 7.69. The number of ether oxygens (including phenoxy) is 2. The van der Waals surface area contributed by atoms with Gasteiger partial charge in [-0.15, -0.1) is 11.3 Å². The third-order valence-electron chi connectivity index (χ3n) is 4.73. The lowest BCUT2D eigenvalue weighted by molar-refractivity contribution is 0.0940. The second-order valence-electron chi connectivity index (χ2n) is 6.94. The normalized spacial score (nSPS) is 10.8. The molecule has 0 spiro atoms. The van der Waals surface area contributed by atoms with Gasteiger partial charge in [-0.2, -0.15) is 9.78 Å². The van der Waals surface area contributed by atoms with E-state index in [9.17, 15) is 9.59 Å². The van der Waals surface area contributed by atoms with Gasteiger partial charge in [-0.1, -0.05) is 23.7 Å². The predicted molar refractivity (Wildman–Crippen MR) is 128 cm³/mol. The number of pyridine rings is 1. The number of H-pyrrole nitrogens is 1. The zero-order chi connectivity index (χ0) is 23.2. The maximum Gasteiger partial charge on any atom is 0.283 e. The van der Waals surface area contributed by atoms with Crippen molar-refractivity contribution >= 4 is 34.7 Å². The fraction of sp³-hybridized carbons (Fsp3) is 0.174. The summed E-state index contributed by atoms with van der Waals surface area (Å²) in [5.41, 5.74) is 0.771. The van der Waals surface area contributed by atoms with Gasteiger partial charge in [0.1, 0.15) is 23.9 Å². The van der Waals surface area contributed by atoms with Gasteiger partial charge in [-0.05, 0) is 36.4 Å². The number of aromatic nitrogens is 3. The molecular formula is C23H21ClN4O4S. The molecule has 0 saturated carbocycles. The molecule has 8 nitrogen and oxygen atoms in total. The van der Waals surface area contributed by atoms with Crippen LogP contribution in [0.4, 0.5) is 5.82 Å². The standard InChI is InChI=1S/C23H21ClN4O4S/c1-31-11-12-32-19-7-3-2-5-17(19)23(30)28-21(26-14-15-8-9-20(24)33-15)13-18(27-28)16-6-4-10-25-22(16)29/h2-10,13,26H,11-12,14H2,1H3,(H,25,29). The van der Waals surface area contributed by atoms with E-state index in [1.807, 2.05) is 12.1 Å². The van der Waals surface area contributed by atoms with Gasteiger partial charge in [0.25, 0.3) is 11.5 Å². The number of thiophene rings is 1. The van der Waals surface area contributed by atoms with Crippen LogP contribution in [0.25, 0.3) is 11.3 Å². The van der Waals surface area contributed by atoms with E-state index in [1.165, 1.54) is 16.0 Å². The molecule has 0 aliphatic rings. The Morgan fingerprint density at radius 3 is 2.79 bits per heavy atom. The van der Waals surface area contributed by atoms with Crippen molar-refractivity contribution in [2.45, 2.75) is 6.54 Å². The minimum atomic E-state index is -0.395. The van der Waals surface area contributed by atoms with Crippen LogP contribution in [0.2, 0.25) is 4.34 Å². The molecule has 170 valence electrons. The molecule has 2 N–H and O–H groups in total. The number of methoxy groups -OCH3 is 1. The zero-order valence-corrected chi connectivity index (χ0v) is 19.3. The Kier molecular flexibility index (Phi) is 7.23. The predicted octanol–water partition coefficient (Wildman–Crippen LogP) is 4.28. The van der Waals surface area contributed by atoms with Crippen molar-refractivity contribution in [1.29, 1.82) is 0 Å². The van der Waals surface area contributed by atoms with Crippen molar-refractivity contribution in [3.05, 3.63) is 85.9 Å². The van der Waals surface area contributed by atoms with Crippen LogP contribution in [0.3, 0.4) is 0 Å². The summed E-state index contributed by atoms with van der Waals surface area (Å²) in [7, 11) is 1.58. The van der Waals surface area contributed by atoms with Gasteiger partial charge in [-0.3, -0.25) is 9.59 Å². The number of anilines is 1. The van der Waals surface area contributed by atoms with Gasteiger partial charge in [-0.25, -0.2) is 0 Å². The molecule has 0 atom stereocenters.